The monoisotopic (exact) mass is 297 g/mol. The molecule has 103 valence electrons. The number of aromatic hydroxyl groups is 1. The van der Waals surface area contributed by atoms with Gasteiger partial charge in [0, 0.05) is 5.56 Å². The maximum absolute atomic E-state index is 10.7. The highest BCUT2D eigenvalue weighted by molar-refractivity contribution is 6.36. The summed E-state index contributed by atoms with van der Waals surface area (Å²) in [5.41, 5.74) is 1.92. The van der Waals surface area contributed by atoms with Crippen LogP contribution in [0.5, 0.6) is 5.75 Å². The van der Waals surface area contributed by atoms with Crippen molar-refractivity contribution in [2.24, 2.45) is 0 Å². The molecule has 1 nitrogen and oxygen atoms in total. The van der Waals surface area contributed by atoms with Crippen molar-refractivity contribution in [2.75, 3.05) is 0 Å². The SMILES string of the molecule is Oc1c([Si])cc2ccccc2c1-c1cccc2ccccc12. The Labute approximate surface area is 132 Å². The van der Waals surface area contributed by atoms with E-state index in [1.54, 1.807) is 0 Å². The van der Waals surface area contributed by atoms with Crippen LogP contribution in [0.1, 0.15) is 0 Å². The summed E-state index contributed by atoms with van der Waals surface area (Å²) in [6.45, 7) is 0. The molecule has 0 atom stereocenters. The van der Waals surface area contributed by atoms with E-state index in [4.69, 9.17) is 0 Å². The molecule has 4 aromatic carbocycles. The van der Waals surface area contributed by atoms with Crippen molar-refractivity contribution in [2.45, 2.75) is 0 Å². The predicted molar refractivity (Wildman–Crippen MR) is 93.9 cm³/mol. The molecule has 0 aromatic heterocycles. The second-order valence-corrected chi connectivity index (χ2v) is 5.93. The Bertz CT molecular complexity index is 1000. The zero-order chi connectivity index (χ0) is 15.1. The number of benzene rings is 4. The van der Waals surface area contributed by atoms with Gasteiger partial charge in [0.15, 0.2) is 0 Å². The topological polar surface area (TPSA) is 20.2 Å². The smallest absolute Gasteiger partial charge is 0.122 e. The maximum Gasteiger partial charge on any atom is 0.122 e. The van der Waals surface area contributed by atoms with Crippen LogP contribution in [0, 0.1) is 0 Å². The van der Waals surface area contributed by atoms with Crippen LogP contribution in [0.4, 0.5) is 0 Å². The molecule has 0 aliphatic carbocycles. The van der Waals surface area contributed by atoms with Crippen LogP contribution in [0.15, 0.2) is 72.8 Å². The third-order valence-corrected chi connectivity index (χ3v) is 4.46. The molecular formula is C20H13OSi. The van der Waals surface area contributed by atoms with Crippen LogP contribution in [0.25, 0.3) is 32.7 Å². The fourth-order valence-corrected chi connectivity index (χ4v) is 3.33. The largest absolute Gasteiger partial charge is 0.507 e. The van der Waals surface area contributed by atoms with Gasteiger partial charge in [0.05, 0.1) is 10.2 Å². The maximum atomic E-state index is 10.7. The first-order valence-corrected chi connectivity index (χ1v) is 7.70. The lowest BCUT2D eigenvalue weighted by Gasteiger charge is -2.14. The minimum absolute atomic E-state index is 0.284. The number of rotatable bonds is 1. The fraction of sp³-hybridized carbons (Fsp3) is 0. The van der Waals surface area contributed by atoms with Gasteiger partial charge in [-0.05, 0) is 32.3 Å². The predicted octanol–water partition coefficient (Wildman–Crippen LogP) is 4.16. The standard InChI is InChI=1S/C20H13OSi/c21-20-18(22)12-14-7-2-4-10-16(14)19(20)17-11-5-8-13-6-1-3-9-15(13)17/h1-12,21H. The minimum atomic E-state index is 0.284. The van der Waals surface area contributed by atoms with Crippen molar-refractivity contribution in [3.63, 3.8) is 0 Å². The van der Waals surface area contributed by atoms with Crippen LogP contribution < -0.4 is 5.19 Å². The van der Waals surface area contributed by atoms with E-state index in [1.165, 1.54) is 5.39 Å². The molecule has 1 N–H and O–H groups in total. The molecule has 0 aliphatic rings. The highest BCUT2D eigenvalue weighted by atomic mass is 28.1. The molecule has 4 aromatic rings. The van der Waals surface area contributed by atoms with Gasteiger partial charge in [-0.3, -0.25) is 0 Å². The zero-order valence-electron chi connectivity index (χ0n) is 11.9. The molecule has 0 saturated carbocycles. The average molecular weight is 297 g/mol. The Hall–Kier alpha value is -2.58. The Kier molecular flexibility index (Phi) is 2.98. The van der Waals surface area contributed by atoms with E-state index in [-0.39, 0.29) is 5.75 Å². The van der Waals surface area contributed by atoms with Crippen molar-refractivity contribution >= 4 is 37.0 Å². The van der Waals surface area contributed by atoms with Gasteiger partial charge in [-0.2, -0.15) is 0 Å². The molecular weight excluding hydrogens is 284 g/mol. The van der Waals surface area contributed by atoms with Crippen LogP contribution in [-0.4, -0.2) is 15.3 Å². The molecule has 0 amide bonds. The Morgan fingerprint density at radius 1 is 0.682 bits per heavy atom. The molecule has 0 bridgehead atoms. The number of phenols is 1. The van der Waals surface area contributed by atoms with Crippen molar-refractivity contribution in [1.29, 1.82) is 0 Å². The highest BCUT2D eigenvalue weighted by Gasteiger charge is 2.14. The summed E-state index contributed by atoms with van der Waals surface area (Å²) >= 11 is 0. The molecule has 0 spiro atoms. The van der Waals surface area contributed by atoms with Crippen molar-refractivity contribution in [1.82, 2.24) is 0 Å². The van der Waals surface area contributed by atoms with Crippen molar-refractivity contribution in [3.05, 3.63) is 72.8 Å². The Morgan fingerprint density at radius 2 is 1.32 bits per heavy atom. The molecule has 0 saturated heterocycles. The van der Waals surface area contributed by atoms with Gasteiger partial charge >= 0.3 is 0 Å². The minimum Gasteiger partial charge on any atom is -0.507 e. The summed E-state index contributed by atoms with van der Waals surface area (Å²) in [7, 11) is 3.53. The summed E-state index contributed by atoms with van der Waals surface area (Å²) in [5, 5.41) is 15.8. The van der Waals surface area contributed by atoms with Crippen LogP contribution in [0.3, 0.4) is 0 Å². The van der Waals surface area contributed by atoms with E-state index in [0.717, 1.165) is 27.3 Å². The Balaban J connectivity index is 2.19. The van der Waals surface area contributed by atoms with E-state index in [2.05, 4.69) is 46.6 Å². The number of phenolic OH excluding ortho intramolecular Hbond substituents is 1. The van der Waals surface area contributed by atoms with Crippen LogP contribution in [0.2, 0.25) is 0 Å². The quantitative estimate of drug-likeness (QED) is 0.523. The number of fused-ring (bicyclic) bond motifs is 2. The number of hydrogen-bond donors (Lipinski definition) is 1. The van der Waals surface area contributed by atoms with Gasteiger partial charge in [0.2, 0.25) is 0 Å². The molecule has 0 fully saturated rings. The molecule has 4 rings (SSSR count). The van der Waals surface area contributed by atoms with E-state index in [1.807, 2.05) is 36.4 Å². The molecule has 3 radical (unpaired) electrons. The van der Waals surface area contributed by atoms with Gasteiger partial charge in [-0.15, -0.1) is 0 Å². The van der Waals surface area contributed by atoms with Gasteiger partial charge < -0.3 is 5.11 Å². The van der Waals surface area contributed by atoms with E-state index in [0.29, 0.717) is 5.19 Å². The van der Waals surface area contributed by atoms with Crippen LogP contribution >= 0.6 is 0 Å². The second kappa shape index (κ2) is 5.00. The fourth-order valence-electron chi connectivity index (χ4n) is 3.05. The van der Waals surface area contributed by atoms with Gasteiger partial charge in [0.25, 0.3) is 0 Å². The first-order chi connectivity index (χ1) is 10.8. The first kappa shape index (κ1) is 13.1. The molecule has 0 aliphatic heterocycles. The summed E-state index contributed by atoms with van der Waals surface area (Å²) < 4.78 is 0. The third-order valence-electron chi connectivity index (χ3n) is 4.08. The normalized spacial score (nSPS) is 11.1. The lowest BCUT2D eigenvalue weighted by molar-refractivity contribution is 0.482. The molecule has 0 unspecified atom stereocenters. The molecule has 0 heterocycles. The highest BCUT2D eigenvalue weighted by Crippen LogP contribution is 2.38. The van der Waals surface area contributed by atoms with Crippen molar-refractivity contribution in [3.8, 4) is 16.9 Å². The molecule has 2 heteroatoms. The molecule has 22 heavy (non-hydrogen) atoms. The third kappa shape index (κ3) is 1.92. The van der Waals surface area contributed by atoms with E-state index in [9.17, 15) is 5.11 Å². The van der Waals surface area contributed by atoms with E-state index >= 15 is 0 Å². The van der Waals surface area contributed by atoms with Gasteiger partial charge in [0.1, 0.15) is 5.75 Å². The summed E-state index contributed by atoms with van der Waals surface area (Å²) in [4.78, 5) is 0. The Morgan fingerprint density at radius 3 is 2.14 bits per heavy atom. The summed E-state index contributed by atoms with van der Waals surface area (Å²) in [6.07, 6.45) is 0. The van der Waals surface area contributed by atoms with Gasteiger partial charge in [-0.25, -0.2) is 0 Å². The van der Waals surface area contributed by atoms with Crippen molar-refractivity contribution < 1.29 is 5.11 Å². The summed E-state index contributed by atoms with van der Waals surface area (Å²) in [5.74, 6) is 0.284. The lowest BCUT2D eigenvalue weighted by Crippen LogP contribution is -2.04. The zero-order valence-corrected chi connectivity index (χ0v) is 12.9. The second-order valence-electron chi connectivity index (χ2n) is 5.40. The summed E-state index contributed by atoms with van der Waals surface area (Å²) in [6, 6.07) is 24.5. The van der Waals surface area contributed by atoms with Gasteiger partial charge in [-0.1, -0.05) is 72.8 Å². The van der Waals surface area contributed by atoms with E-state index < -0.39 is 0 Å². The lowest BCUT2D eigenvalue weighted by atomic mass is 9.93. The number of hydrogen-bond acceptors (Lipinski definition) is 1. The average Bonchev–Trinajstić information content (AvgIpc) is 2.56. The first-order valence-electron chi connectivity index (χ1n) is 7.20. The van der Waals surface area contributed by atoms with Crippen LogP contribution in [-0.2, 0) is 0 Å².